The standard InChI is InChI=1S/C14H11N3O2S/c1-8-2-4-10-12(6-8)20-14(17-10)16-9-3-5-11(13(18)19)15-7-9/h2-7H,1H3,(H,16,17)(H,18,19). The highest BCUT2D eigenvalue weighted by molar-refractivity contribution is 7.22. The number of aromatic nitrogens is 2. The highest BCUT2D eigenvalue weighted by Gasteiger charge is 2.06. The number of thiazole rings is 1. The Balaban J connectivity index is 1.87. The molecular formula is C14H11N3O2S. The Hall–Kier alpha value is -2.47. The lowest BCUT2D eigenvalue weighted by atomic mass is 10.2. The molecule has 0 aliphatic rings. The molecule has 0 fully saturated rings. The molecule has 0 saturated heterocycles. The van der Waals surface area contributed by atoms with Crippen molar-refractivity contribution in [3.63, 3.8) is 0 Å². The smallest absolute Gasteiger partial charge is 0.354 e. The molecule has 5 nitrogen and oxygen atoms in total. The van der Waals surface area contributed by atoms with Gasteiger partial charge in [0.1, 0.15) is 5.69 Å². The third-order valence-corrected chi connectivity index (χ3v) is 3.71. The molecule has 3 rings (SSSR count). The number of aryl methyl sites for hydroxylation is 1. The second-order valence-corrected chi connectivity index (χ2v) is 5.38. The molecule has 0 bridgehead atoms. The summed E-state index contributed by atoms with van der Waals surface area (Å²) >= 11 is 1.55. The van der Waals surface area contributed by atoms with Gasteiger partial charge in [-0.2, -0.15) is 0 Å². The van der Waals surface area contributed by atoms with E-state index in [-0.39, 0.29) is 5.69 Å². The van der Waals surface area contributed by atoms with Crippen LogP contribution in [0.3, 0.4) is 0 Å². The molecule has 100 valence electrons. The van der Waals surface area contributed by atoms with Crippen LogP contribution in [0, 0.1) is 6.92 Å². The van der Waals surface area contributed by atoms with E-state index in [0.29, 0.717) is 5.69 Å². The molecule has 3 aromatic rings. The van der Waals surface area contributed by atoms with Crippen LogP contribution in [-0.4, -0.2) is 21.0 Å². The summed E-state index contributed by atoms with van der Waals surface area (Å²) in [6, 6.07) is 9.23. The summed E-state index contributed by atoms with van der Waals surface area (Å²) in [6.45, 7) is 2.04. The van der Waals surface area contributed by atoms with Gasteiger partial charge in [-0.15, -0.1) is 0 Å². The number of carboxylic acid groups (broad SMARTS) is 1. The van der Waals surface area contributed by atoms with Gasteiger partial charge in [0.05, 0.1) is 22.1 Å². The quantitative estimate of drug-likeness (QED) is 0.771. The summed E-state index contributed by atoms with van der Waals surface area (Å²) < 4.78 is 1.11. The number of carbonyl (C=O) groups is 1. The molecule has 0 atom stereocenters. The SMILES string of the molecule is Cc1ccc2nc(Nc3ccc(C(=O)O)nc3)sc2c1. The number of fused-ring (bicyclic) bond motifs is 1. The van der Waals surface area contributed by atoms with E-state index in [1.807, 2.05) is 19.1 Å². The maximum Gasteiger partial charge on any atom is 0.354 e. The molecule has 0 spiro atoms. The van der Waals surface area contributed by atoms with Crippen LogP contribution in [0.5, 0.6) is 0 Å². The number of pyridine rings is 1. The van der Waals surface area contributed by atoms with Crippen LogP contribution in [0.1, 0.15) is 16.1 Å². The van der Waals surface area contributed by atoms with E-state index in [9.17, 15) is 4.79 Å². The van der Waals surface area contributed by atoms with Gasteiger partial charge >= 0.3 is 5.97 Å². The largest absolute Gasteiger partial charge is 0.477 e. The number of nitrogens with zero attached hydrogens (tertiary/aromatic N) is 2. The number of carboxylic acids is 1. The van der Waals surface area contributed by atoms with Crippen LogP contribution in [0.15, 0.2) is 36.5 Å². The zero-order valence-electron chi connectivity index (χ0n) is 10.6. The highest BCUT2D eigenvalue weighted by atomic mass is 32.1. The summed E-state index contributed by atoms with van der Waals surface area (Å²) in [7, 11) is 0. The van der Waals surface area contributed by atoms with Gasteiger partial charge in [0.15, 0.2) is 5.13 Å². The molecular weight excluding hydrogens is 274 g/mol. The zero-order valence-corrected chi connectivity index (χ0v) is 11.4. The van der Waals surface area contributed by atoms with E-state index in [2.05, 4.69) is 21.4 Å². The third kappa shape index (κ3) is 2.46. The van der Waals surface area contributed by atoms with Crippen molar-refractivity contribution in [3.8, 4) is 0 Å². The number of nitrogens with one attached hydrogen (secondary N) is 1. The average Bonchev–Trinajstić information content (AvgIpc) is 2.80. The minimum absolute atomic E-state index is 0.0236. The van der Waals surface area contributed by atoms with Gasteiger partial charge in [-0.3, -0.25) is 0 Å². The second-order valence-electron chi connectivity index (χ2n) is 4.35. The Morgan fingerprint density at radius 3 is 2.85 bits per heavy atom. The van der Waals surface area contributed by atoms with Gasteiger partial charge < -0.3 is 10.4 Å². The molecule has 2 heterocycles. The summed E-state index contributed by atoms with van der Waals surface area (Å²) in [5, 5.41) is 12.7. The molecule has 0 aliphatic carbocycles. The molecule has 20 heavy (non-hydrogen) atoms. The van der Waals surface area contributed by atoms with Crippen LogP contribution >= 0.6 is 11.3 Å². The Kier molecular flexibility index (Phi) is 3.08. The summed E-state index contributed by atoms with van der Waals surface area (Å²) in [5.74, 6) is -1.04. The predicted molar refractivity (Wildman–Crippen MR) is 78.8 cm³/mol. The molecule has 0 aliphatic heterocycles. The van der Waals surface area contributed by atoms with E-state index in [4.69, 9.17) is 5.11 Å². The Morgan fingerprint density at radius 1 is 1.30 bits per heavy atom. The second kappa shape index (κ2) is 4.90. The first kappa shape index (κ1) is 12.6. The number of hydrogen-bond donors (Lipinski definition) is 2. The van der Waals surface area contributed by atoms with Crippen LogP contribution in [-0.2, 0) is 0 Å². The minimum atomic E-state index is -1.04. The van der Waals surface area contributed by atoms with E-state index in [0.717, 1.165) is 15.3 Å². The number of rotatable bonds is 3. The van der Waals surface area contributed by atoms with E-state index in [1.165, 1.54) is 17.8 Å². The maximum absolute atomic E-state index is 10.7. The lowest BCUT2D eigenvalue weighted by Crippen LogP contribution is -2.00. The lowest BCUT2D eigenvalue weighted by molar-refractivity contribution is 0.0690. The fraction of sp³-hybridized carbons (Fsp3) is 0.0714. The van der Waals surface area contributed by atoms with Crippen molar-refractivity contribution in [2.75, 3.05) is 5.32 Å². The fourth-order valence-corrected chi connectivity index (χ4v) is 2.79. The van der Waals surface area contributed by atoms with Gasteiger partial charge in [0, 0.05) is 0 Å². The van der Waals surface area contributed by atoms with Crippen molar-refractivity contribution >= 4 is 38.3 Å². The Bertz CT molecular complexity index is 781. The number of benzene rings is 1. The zero-order chi connectivity index (χ0) is 14.1. The molecule has 0 saturated carbocycles. The molecule has 0 radical (unpaired) electrons. The van der Waals surface area contributed by atoms with Gasteiger partial charge in [-0.05, 0) is 36.8 Å². The molecule has 0 amide bonds. The van der Waals surface area contributed by atoms with Crippen LogP contribution in [0.25, 0.3) is 10.2 Å². The number of hydrogen-bond acceptors (Lipinski definition) is 5. The topological polar surface area (TPSA) is 75.1 Å². The highest BCUT2D eigenvalue weighted by Crippen LogP contribution is 2.28. The van der Waals surface area contributed by atoms with Crippen LogP contribution in [0.2, 0.25) is 0 Å². The van der Waals surface area contributed by atoms with Crippen LogP contribution < -0.4 is 5.32 Å². The normalized spacial score (nSPS) is 10.7. The molecule has 1 aromatic carbocycles. The molecule has 6 heteroatoms. The van der Waals surface area contributed by atoms with Gasteiger partial charge in [-0.25, -0.2) is 14.8 Å². The van der Waals surface area contributed by atoms with E-state index in [1.54, 1.807) is 17.4 Å². The first-order valence-electron chi connectivity index (χ1n) is 5.95. The van der Waals surface area contributed by atoms with Crippen LogP contribution in [0.4, 0.5) is 10.8 Å². The maximum atomic E-state index is 10.7. The molecule has 0 unspecified atom stereocenters. The monoisotopic (exact) mass is 285 g/mol. The fourth-order valence-electron chi connectivity index (χ4n) is 1.80. The van der Waals surface area contributed by atoms with Gasteiger partial charge in [0.25, 0.3) is 0 Å². The first-order valence-corrected chi connectivity index (χ1v) is 6.77. The van der Waals surface area contributed by atoms with Crippen molar-refractivity contribution < 1.29 is 9.90 Å². The summed E-state index contributed by atoms with van der Waals surface area (Å²) in [4.78, 5) is 19.1. The van der Waals surface area contributed by atoms with Crippen molar-refractivity contribution in [1.29, 1.82) is 0 Å². The van der Waals surface area contributed by atoms with Crippen molar-refractivity contribution in [1.82, 2.24) is 9.97 Å². The summed E-state index contributed by atoms with van der Waals surface area (Å²) in [6.07, 6.45) is 1.49. The third-order valence-electron chi connectivity index (χ3n) is 2.78. The lowest BCUT2D eigenvalue weighted by Gasteiger charge is -2.01. The van der Waals surface area contributed by atoms with E-state index >= 15 is 0 Å². The van der Waals surface area contributed by atoms with Gasteiger partial charge in [-0.1, -0.05) is 17.4 Å². The number of aromatic carboxylic acids is 1. The van der Waals surface area contributed by atoms with Crippen molar-refractivity contribution in [2.45, 2.75) is 6.92 Å². The predicted octanol–water partition coefficient (Wildman–Crippen LogP) is 3.44. The van der Waals surface area contributed by atoms with Gasteiger partial charge in [0.2, 0.25) is 0 Å². The van der Waals surface area contributed by atoms with Crippen molar-refractivity contribution in [2.24, 2.45) is 0 Å². The van der Waals surface area contributed by atoms with E-state index < -0.39 is 5.97 Å². The minimum Gasteiger partial charge on any atom is -0.477 e. The Morgan fingerprint density at radius 2 is 2.15 bits per heavy atom. The number of anilines is 2. The molecule has 2 N–H and O–H groups in total. The molecule has 2 aromatic heterocycles. The summed E-state index contributed by atoms with van der Waals surface area (Å²) in [5.41, 5.74) is 2.87. The van der Waals surface area contributed by atoms with Crippen molar-refractivity contribution in [3.05, 3.63) is 47.8 Å². The average molecular weight is 285 g/mol. The Labute approximate surface area is 118 Å². The first-order chi connectivity index (χ1) is 9.61.